The molecule has 2 fully saturated rings. The van der Waals surface area contributed by atoms with Gasteiger partial charge >= 0.3 is 6.18 Å². The molecule has 0 unspecified atom stereocenters. The van der Waals surface area contributed by atoms with E-state index >= 15 is 0 Å². The molecule has 1 saturated carbocycles. The maximum Gasteiger partial charge on any atom is 0.408 e. The predicted molar refractivity (Wildman–Crippen MR) is 98.6 cm³/mol. The van der Waals surface area contributed by atoms with E-state index in [9.17, 15) is 21.6 Å². The number of alkyl halides is 3. The van der Waals surface area contributed by atoms with Gasteiger partial charge in [-0.3, -0.25) is 4.90 Å². The van der Waals surface area contributed by atoms with E-state index < -0.39 is 22.2 Å². The van der Waals surface area contributed by atoms with Crippen LogP contribution >= 0.6 is 0 Å². The van der Waals surface area contributed by atoms with Crippen LogP contribution in [0, 0.1) is 11.8 Å². The van der Waals surface area contributed by atoms with Crippen molar-refractivity contribution in [3.05, 3.63) is 35.4 Å². The normalized spacial score (nSPS) is 21.8. The van der Waals surface area contributed by atoms with Gasteiger partial charge in [-0.15, -0.1) is 0 Å². The topological polar surface area (TPSA) is 49.4 Å². The summed E-state index contributed by atoms with van der Waals surface area (Å²) in [5, 5.41) is 0. The van der Waals surface area contributed by atoms with Gasteiger partial charge in [0, 0.05) is 6.54 Å². The summed E-state index contributed by atoms with van der Waals surface area (Å²) in [4.78, 5) is 2.35. The first-order chi connectivity index (χ1) is 12.6. The Bertz CT molecular complexity index is 722. The van der Waals surface area contributed by atoms with E-state index in [1.807, 2.05) is 0 Å². The first-order valence-corrected chi connectivity index (χ1v) is 11.4. The molecule has 1 aliphatic carbocycles. The highest BCUT2D eigenvalue weighted by molar-refractivity contribution is 7.88. The molecule has 8 heteroatoms. The van der Waals surface area contributed by atoms with Crippen LogP contribution in [0.1, 0.15) is 49.3 Å². The van der Waals surface area contributed by atoms with Crippen molar-refractivity contribution in [2.24, 2.45) is 11.8 Å². The van der Waals surface area contributed by atoms with Crippen molar-refractivity contribution in [2.75, 3.05) is 19.3 Å². The molecule has 2 aliphatic rings. The van der Waals surface area contributed by atoms with E-state index in [4.69, 9.17) is 0 Å². The Hall–Kier alpha value is -1.12. The van der Waals surface area contributed by atoms with Crippen LogP contribution in [0.4, 0.5) is 13.2 Å². The van der Waals surface area contributed by atoms with Crippen molar-refractivity contribution in [3.63, 3.8) is 0 Å². The van der Waals surface area contributed by atoms with Crippen LogP contribution in [0.15, 0.2) is 24.3 Å². The molecular weight excluding hydrogens is 377 g/mol. The number of rotatable bonds is 6. The van der Waals surface area contributed by atoms with E-state index in [2.05, 4.69) is 4.90 Å². The lowest BCUT2D eigenvalue weighted by molar-refractivity contribution is -0.153. The zero-order valence-electron chi connectivity index (χ0n) is 15.5. The zero-order chi connectivity index (χ0) is 19.7. The molecule has 152 valence electrons. The molecule has 1 aliphatic heterocycles. The Labute approximate surface area is 159 Å². The van der Waals surface area contributed by atoms with E-state index in [0.29, 0.717) is 6.54 Å². The van der Waals surface area contributed by atoms with Gasteiger partial charge in [0.2, 0.25) is 10.0 Å². The van der Waals surface area contributed by atoms with Gasteiger partial charge in [-0.25, -0.2) is 8.42 Å². The van der Waals surface area contributed by atoms with Crippen LogP contribution in [-0.2, 0) is 16.6 Å². The van der Waals surface area contributed by atoms with Gasteiger partial charge < -0.3 is 0 Å². The van der Waals surface area contributed by atoms with E-state index in [1.165, 1.54) is 44.2 Å². The van der Waals surface area contributed by atoms with Gasteiger partial charge in [0.25, 0.3) is 0 Å². The van der Waals surface area contributed by atoms with Crippen LogP contribution in [0.3, 0.4) is 0 Å². The molecule has 0 amide bonds. The van der Waals surface area contributed by atoms with Crippen LogP contribution in [-0.4, -0.2) is 38.8 Å². The second-order valence-corrected chi connectivity index (χ2v) is 9.69. The number of hydrogen-bond donors (Lipinski definition) is 1. The van der Waals surface area contributed by atoms with Crippen molar-refractivity contribution in [2.45, 2.75) is 50.9 Å². The summed E-state index contributed by atoms with van der Waals surface area (Å²) >= 11 is 0. The monoisotopic (exact) mass is 404 g/mol. The molecule has 1 aromatic carbocycles. The maximum absolute atomic E-state index is 13.2. The molecule has 0 aromatic heterocycles. The van der Waals surface area contributed by atoms with Crippen LogP contribution in [0.25, 0.3) is 0 Å². The molecule has 0 bridgehead atoms. The first-order valence-electron chi connectivity index (χ1n) is 9.47. The number of piperidine rings is 1. The SMILES string of the molecule is CS(=O)(=O)N[C@@H](c1ccc(CN2CCC(C3CCC3)CC2)cc1)C(F)(F)F. The van der Waals surface area contributed by atoms with Crippen molar-refractivity contribution < 1.29 is 21.6 Å². The number of likely N-dealkylation sites (tertiary alicyclic amines) is 1. The molecule has 1 N–H and O–H groups in total. The van der Waals surface area contributed by atoms with Crippen molar-refractivity contribution in [1.29, 1.82) is 0 Å². The van der Waals surface area contributed by atoms with Gasteiger partial charge in [-0.05, 0) is 48.9 Å². The molecule has 4 nitrogen and oxygen atoms in total. The third-order valence-electron chi connectivity index (χ3n) is 5.83. The minimum absolute atomic E-state index is 0.0969. The maximum atomic E-state index is 13.2. The highest BCUT2D eigenvalue weighted by Gasteiger charge is 2.42. The van der Waals surface area contributed by atoms with Gasteiger partial charge in [0.1, 0.15) is 6.04 Å². The Morgan fingerprint density at radius 2 is 1.63 bits per heavy atom. The molecular formula is C19H27F3N2O2S. The lowest BCUT2D eigenvalue weighted by Crippen LogP contribution is -2.38. The summed E-state index contributed by atoms with van der Waals surface area (Å²) in [5.41, 5.74) is 0.849. The van der Waals surface area contributed by atoms with Gasteiger partial charge in [0.15, 0.2) is 0 Å². The van der Waals surface area contributed by atoms with Crippen molar-refractivity contribution in [3.8, 4) is 0 Å². The minimum Gasteiger partial charge on any atom is -0.299 e. The van der Waals surface area contributed by atoms with Gasteiger partial charge in [-0.1, -0.05) is 43.5 Å². The summed E-state index contributed by atoms with van der Waals surface area (Å²) in [7, 11) is -3.98. The molecule has 1 aromatic rings. The quantitative estimate of drug-likeness (QED) is 0.784. The van der Waals surface area contributed by atoms with Crippen LogP contribution in [0.2, 0.25) is 0 Å². The van der Waals surface area contributed by atoms with E-state index in [1.54, 1.807) is 16.9 Å². The van der Waals surface area contributed by atoms with Crippen molar-refractivity contribution in [1.82, 2.24) is 9.62 Å². The van der Waals surface area contributed by atoms with E-state index in [-0.39, 0.29) is 5.56 Å². The summed E-state index contributed by atoms with van der Waals surface area (Å²) in [6, 6.07) is 3.84. The lowest BCUT2D eigenvalue weighted by Gasteiger charge is -2.39. The second-order valence-electron chi connectivity index (χ2n) is 7.91. The zero-order valence-corrected chi connectivity index (χ0v) is 16.3. The fourth-order valence-corrected chi connectivity index (χ4v) is 4.80. The lowest BCUT2D eigenvalue weighted by atomic mass is 9.72. The average Bonchev–Trinajstić information content (AvgIpc) is 2.52. The molecule has 3 rings (SSSR count). The van der Waals surface area contributed by atoms with Gasteiger partial charge in [-0.2, -0.15) is 17.9 Å². The molecule has 27 heavy (non-hydrogen) atoms. The molecule has 1 atom stereocenters. The summed E-state index contributed by atoms with van der Waals surface area (Å²) in [5.74, 6) is 1.75. The summed E-state index contributed by atoms with van der Waals surface area (Å²) in [6.45, 7) is 2.78. The highest BCUT2D eigenvalue weighted by atomic mass is 32.2. The highest BCUT2D eigenvalue weighted by Crippen LogP contribution is 2.39. The first kappa shape index (κ1) is 20.6. The largest absolute Gasteiger partial charge is 0.408 e. The van der Waals surface area contributed by atoms with Crippen LogP contribution < -0.4 is 4.72 Å². The Morgan fingerprint density at radius 1 is 1.07 bits per heavy atom. The fourth-order valence-electron chi connectivity index (χ4n) is 4.11. The smallest absolute Gasteiger partial charge is 0.299 e. The van der Waals surface area contributed by atoms with E-state index in [0.717, 1.165) is 36.7 Å². The standard InChI is InChI=1S/C19H27F3N2O2S/c1-27(25,26)23-18(19(20,21)22)17-7-5-14(6-8-17)13-24-11-9-16(10-12-24)15-3-2-4-15/h5-8,15-16,18,23H,2-4,9-13H2,1H3/t18-/m0/s1. The number of halogens is 3. The third kappa shape index (κ3) is 5.68. The summed E-state index contributed by atoms with van der Waals surface area (Å²) < 4.78 is 63.9. The van der Waals surface area contributed by atoms with Gasteiger partial charge in [0.05, 0.1) is 6.26 Å². The number of sulfonamides is 1. The predicted octanol–water partition coefficient (Wildman–Crippen LogP) is 3.85. The second kappa shape index (κ2) is 8.09. The Kier molecular flexibility index (Phi) is 6.17. The number of benzene rings is 1. The Morgan fingerprint density at radius 3 is 2.07 bits per heavy atom. The number of nitrogens with zero attached hydrogens (tertiary/aromatic N) is 1. The average molecular weight is 404 g/mol. The van der Waals surface area contributed by atoms with Crippen LogP contribution in [0.5, 0.6) is 0 Å². The molecule has 0 radical (unpaired) electrons. The van der Waals surface area contributed by atoms with Crippen molar-refractivity contribution >= 4 is 10.0 Å². The molecule has 1 heterocycles. The Balaban J connectivity index is 1.59. The number of hydrogen-bond acceptors (Lipinski definition) is 3. The number of nitrogens with one attached hydrogen (secondary N) is 1. The molecule has 1 saturated heterocycles. The summed E-state index contributed by atoms with van der Waals surface area (Å²) in [6.07, 6.45) is 2.56. The third-order valence-corrected chi connectivity index (χ3v) is 6.49. The molecule has 0 spiro atoms. The fraction of sp³-hybridized carbons (Fsp3) is 0.684. The minimum atomic E-state index is -4.69.